The van der Waals surface area contributed by atoms with Crippen molar-refractivity contribution in [3.63, 3.8) is 0 Å². The Morgan fingerprint density at radius 3 is 3.00 bits per heavy atom. The van der Waals surface area contributed by atoms with Crippen LogP contribution in [-0.2, 0) is 4.74 Å². The summed E-state index contributed by atoms with van der Waals surface area (Å²) in [5.41, 5.74) is 3.14. The molecule has 0 saturated heterocycles. The minimum atomic E-state index is -0.492. The van der Waals surface area contributed by atoms with Crippen LogP contribution in [0.2, 0.25) is 0 Å². The Balaban J connectivity index is 2.09. The van der Waals surface area contributed by atoms with Crippen molar-refractivity contribution in [1.29, 1.82) is 0 Å². The van der Waals surface area contributed by atoms with Crippen LogP contribution in [0.5, 0.6) is 0 Å². The summed E-state index contributed by atoms with van der Waals surface area (Å²) >= 11 is 0. The Morgan fingerprint density at radius 1 is 1.36 bits per heavy atom. The highest BCUT2D eigenvalue weighted by molar-refractivity contribution is 6.05. The molecule has 3 aromatic rings. The predicted octanol–water partition coefficient (Wildman–Crippen LogP) is 4.06. The highest BCUT2D eigenvalue weighted by Crippen LogP contribution is 2.33. The number of pyridine rings is 1. The van der Waals surface area contributed by atoms with Crippen LogP contribution in [0.25, 0.3) is 11.0 Å². The molecule has 0 saturated carbocycles. The zero-order valence-electron chi connectivity index (χ0n) is 12.4. The van der Waals surface area contributed by atoms with Gasteiger partial charge in [-0.25, -0.2) is 4.79 Å². The Bertz CT molecular complexity index is 824. The smallest absolute Gasteiger partial charge is 0.376 e. The molecule has 0 aliphatic carbocycles. The van der Waals surface area contributed by atoms with Gasteiger partial charge in [0, 0.05) is 17.3 Å². The van der Waals surface area contributed by atoms with Crippen molar-refractivity contribution in [2.45, 2.75) is 13.8 Å². The minimum Gasteiger partial charge on any atom is -0.460 e. The molecule has 0 radical (unpaired) electrons. The Hall–Kier alpha value is -2.82. The standard InChI is InChI=1S/C17H16N2O3/c1-3-21-17(20)16-15(13-7-8-18-10-14(13)22-16)19-12-6-4-5-11(2)9-12/h4-10,19H,3H2,1-2H3. The third kappa shape index (κ3) is 2.65. The van der Waals surface area contributed by atoms with Gasteiger partial charge in [-0.3, -0.25) is 4.98 Å². The molecule has 0 unspecified atom stereocenters. The van der Waals surface area contributed by atoms with Gasteiger partial charge in [-0.1, -0.05) is 12.1 Å². The van der Waals surface area contributed by atoms with Gasteiger partial charge < -0.3 is 14.5 Å². The number of benzene rings is 1. The Morgan fingerprint density at radius 2 is 2.23 bits per heavy atom. The highest BCUT2D eigenvalue weighted by atomic mass is 16.5. The number of furan rings is 1. The second kappa shape index (κ2) is 5.89. The van der Waals surface area contributed by atoms with E-state index in [-0.39, 0.29) is 12.4 Å². The van der Waals surface area contributed by atoms with Crippen LogP contribution >= 0.6 is 0 Å². The van der Waals surface area contributed by atoms with Gasteiger partial charge in [0.2, 0.25) is 5.76 Å². The van der Waals surface area contributed by atoms with E-state index in [1.807, 2.05) is 31.2 Å². The molecule has 5 nitrogen and oxygen atoms in total. The van der Waals surface area contributed by atoms with E-state index >= 15 is 0 Å². The fourth-order valence-corrected chi connectivity index (χ4v) is 2.28. The average molecular weight is 296 g/mol. The van der Waals surface area contributed by atoms with Gasteiger partial charge in [0.1, 0.15) is 5.69 Å². The highest BCUT2D eigenvalue weighted by Gasteiger charge is 2.22. The lowest BCUT2D eigenvalue weighted by molar-refractivity contribution is 0.0494. The Labute approximate surface area is 127 Å². The number of anilines is 2. The van der Waals surface area contributed by atoms with Gasteiger partial charge in [0.15, 0.2) is 5.58 Å². The van der Waals surface area contributed by atoms with Crippen LogP contribution in [0.3, 0.4) is 0 Å². The van der Waals surface area contributed by atoms with Crippen molar-refractivity contribution in [3.8, 4) is 0 Å². The molecule has 0 bridgehead atoms. The molecule has 5 heteroatoms. The summed E-state index contributed by atoms with van der Waals surface area (Å²) in [6, 6.07) is 9.69. The molecule has 0 spiro atoms. The van der Waals surface area contributed by atoms with Gasteiger partial charge in [-0.05, 0) is 37.6 Å². The summed E-state index contributed by atoms with van der Waals surface area (Å²) in [5, 5.41) is 4.04. The summed E-state index contributed by atoms with van der Waals surface area (Å²) in [6.45, 7) is 4.06. The van der Waals surface area contributed by atoms with Crippen LogP contribution < -0.4 is 5.32 Å². The van der Waals surface area contributed by atoms with E-state index in [9.17, 15) is 4.79 Å². The maximum atomic E-state index is 12.1. The van der Waals surface area contributed by atoms with Gasteiger partial charge >= 0.3 is 5.97 Å². The molecule has 0 amide bonds. The number of fused-ring (bicyclic) bond motifs is 1. The zero-order valence-corrected chi connectivity index (χ0v) is 12.4. The van der Waals surface area contributed by atoms with Crippen molar-refractivity contribution in [2.24, 2.45) is 0 Å². The van der Waals surface area contributed by atoms with E-state index in [1.165, 1.54) is 0 Å². The first kappa shape index (κ1) is 14.1. The molecule has 1 aromatic carbocycles. The van der Waals surface area contributed by atoms with Crippen molar-refractivity contribution >= 4 is 28.3 Å². The molecular weight excluding hydrogens is 280 g/mol. The number of carbonyl (C=O) groups excluding carboxylic acids is 1. The molecule has 112 valence electrons. The average Bonchev–Trinajstić information content (AvgIpc) is 2.87. The zero-order chi connectivity index (χ0) is 15.5. The summed E-state index contributed by atoms with van der Waals surface area (Å²) in [5.74, 6) is -0.333. The fourth-order valence-electron chi connectivity index (χ4n) is 2.28. The van der Waals surface area contributed by atoms with Crippen molar-refractivity contribution in [3.05, 3.63) is 54.0 Å². The number of nitrogens with one attached hydrogen (secondary N) is 1. The lowest BCUT2D eigenvalue weighted by atomic mass is 10.2. The summed E-state index contributed by atoms with van der Waals surface area (Å²) in [7, 11) is 0. The molecule has 22 heavy (non-hydrogen) atoms. The van der Waals surface area contributed by atoms with Gasteiger partial charge in [0.25, 0.3) is 0 Å². The largest absolute Gasteiger partial charge is 0.460 e. The number of esters is 1. The molecule has 2 aromatic heterocycles. The van der Waals surface area contributed by atoms with Crippen LogP contribution in [0.4, 0.5) is 11.4 Å². The van der Waals surface area contributed by atoms with Gasteiger partial charge in [-0.2, -0.15) is 0 Å². The van der Waals surface area contributed by atoms with Crippen LogP contribution in [-0.4, -0.2) is 17.6 Å². The lowest BCUT2D eigenvalue weighted by Crippen LogP contribution is -2.06. The van der Waals surface area contributed by atoms with E-state index in [0.717, 1.165) is 16.6 Å². The normalized spacial score (nSPS) is 10.6. The second-order valence-electron chi connectivity index (χ2n) is 4.89. The first-order valence-electron chi connectivity index (χ1n) is 7.06. The third-order valence-corrected chi connectivity index (χ3v) is 3.24. The fraction of sp³-hybridized carbons (Fsp3) is 0.176. The maximum absolute atomic E-state index is 12.1. The van der Waals surface area contributed by atoms with E-state index in [4.69, 9.17) is 9.15 Å². The lowest BCUT2D eigenvalue weighted by Gasteiger charge is -2.07. The topological polar surface area (TPSA) is 64.4 Å². The molecular formula is C17H16N2O3. The molecule has 0 aliphatic heterocycles. The Kier molecular flexibility index (Phi) is 3.78. The quantitative estimate of drug-likeness (QED) is 0.736. The van der Waals surface area contributed by atoms with E-state index in [1.54, 1.807) is 25.4 Å². The second-order valence-corrected chi connectivity index (χ2v) is 4.89. The molecule has 1 N–H and O–H groups in total. The maximum Gasteiger partial charge on any atom is 0.376 e. The SMILES string of the molecule is CCOC(=O)c1oc2cnccc2c1Nc1cccc(C)c1. The number of rotatable bonds is 4. The van der Waals surface area contributed by atoms with Crippen molar-refractivity contribution in [1.82, 2.24) is 4.98 Å². The molecule has 0 aliphatic rings. The van der Waals surface area contributed by atoms with Crippen molar-refractivity contribution in [2.75, 3.05) is 11.9 Å². The molecule has 0 fully saturated rings. The number of aromatic nitrogens is 1. The molecule has 2 heterocycles. The van der Waals surface area contributed by atoms with E-state index in [2.05, 4.69) is 10.3 Å². The summed E-state index contributed by atoms with van der Waals surface area (Å²) in [4.78, 5) is 16.1. The number of hydrogen-bond donors (Lipinski definition) is 1. The predicted molar refractivity (Wildman–Crippen MR) is 84.4 cm³/mol. The summed E-state index contributed by atoms with van der Waals surface area (Å²) in [6.07, 6.45) is 3.24. The number of nitrogens with zero attached hydrogens (tertiary/aromatic N) is 1. The van der Waals surface area contributed by atoms with E-state index in [0.29, 0.717) is 11.3 Å². The molecule has 0 atom stereocenters. The summed E-state index contributed by atoms with van der Waals surface area (Å²) < 4.78 is 10.7. The monoisotopic (exact) mass is 296 g/mol. The minimum absolute atomic E-state index is 0.159. The van der Waals surface area contributed by atoms with Crippen LogP contribution in [0, 0.1) is 6.92 Å². The number of ether oxygens (including phenoxy) is 1. The van der Waals surface area contributed by atoms with E-state index < -0.39 is 5.97 Å². The first-order valence-corrected chi connectivity index (χ1v) is 7.06. The first-order chi connectivity index (χ1) is 10.7. The number of hydrogen-bond acceptors (Lipinski definition) is 5. The van der Waals surface area contributed by atoms with Crippen molar-refractivity contribution < 1.29 is 13.9 Å². The van der Waals surface area contributed by atoms with Gasteiger partial charge in [0.05, 0.1) is 12.8 Å². The van der Waals surface area contributed by atoms with Crippen LogP contribution in [0.1, 0.15) is 23.0 Å². The number of carbonyl (C=O) groups is 1. The van der Waals surface area contributed by atoms with Gasteiger partial charge in [-0.15, -0.1) is 0 Å². The third-order valence-electron chi connectivity index (χ3n) is 3.24. The van der Waals surface area contributed by atoms with Crippen LogP contribution in [0.15, 0.2) is 47.1 Å². The molecule has 3 rings (SSSR count). The number of aryl methyl sites for hydroxylation is 1.